The number of hydrogen-bond donors (Lipinski definition) is 1. The van der Waals surface area contributed by atoms with Crippen molar-refractivity contribution < 1.29 is 0 Å². The van der Waals surface area contributed by atoms with Gasteiger partial charge in [0.2, 0.25) is 0 Å². The molecule has 0 aromatic carbocycles. The van der Waals surface area contributed by atoms with E-state index < -0.39 is 0 Å². The smallest absolute Gasteiger partial charge is 0.268 e. The summed E-state index contributed by atoms with van der Waals surface area (Å²) < 4.78 is 1.57. The van der Waals surface area contributed by atoms with Crippen LogP contribution < -0.4 is 15.8 Å². The first-order chi connectivity index (χ1) is 10.2. The summed E-state index contributed by atoms with van der Waals surface area (Å²) in [6.45, 7) is 9.12. The predicted molar refractivity (Wildman–Crippen MR) is 86.9 cm³/mol. The quantitative estimate of drug-likeness (QED) is 0.780. The zero-order chi connectivity index (χ0) is 15.1. The van der Waals surface area contributed by atoms with Crippen LogP contribution in [0.2, 0.25) is 0 Å². The molecule has 2 rings (SSSR count). The summed E-state index contributed by atoms with van der Waals surface area (Å²) >= 11 is 0. The average molecular weight is 292 g/mol. The Labute approximate surface area is 127 Å². The molecule has 1 fully saturated rings. The number of rotatable bonds is 7. The van der Waals surface area contributed by atoms with Crippen molar-refractivity contribution in [1.82, 2.24) is 15.1 Å². The molecule has 1 aromatic rings. The van der Waals surface area contributed by atoms with Gasteiger partial charge < -0.3 is 10.2 Å². The fourth-order valence-corrected chi connectivity index (χ4v) is 2.66. The first-order valence-corrected chi connectivity index (χ1v) is 8.19. The monoisotopic (exact) mass is 292 g/mol. The first-order valence-electron chi connectivity index (χ1n) is 8.19. The largest absolute Gasteiger partial charge is 0.370 e. The van der Waals surface area contributed by atoms with E-state index in [1.54, 1.807) is 10.7 Å². The van der Waals surface area contributed by atoms with Crippen LogP contribution in [0.25, 0.3) is 0 Å². The summed E-state index contributed by atoms with van der Waals surface area (Å²) in [5.41, 5.74) is 0.996. The first kappa shape index (κ1) is 16.0. The SMILES string of the molecule is CC(C)CNCCCn1ncc(N2CCCCC2)cc1=O. The number of piperidine rings is 1. The normalized spacial score (nSPS) is 15.7. The molecule has 0 spiro atoms. The lowest BCUT2D eigenvalue weighted by atomic mass is 10.1. The average Bonchev–Trinajstić information content (AvgIpc) is 2.49. The lowest BCUT2D eigenvalue weighted by Crippen LogP contribution is -2.32. The molecule has 0 aliphatic carbocycles. The molecule has 1 N–H and O–H groups in total. The van der Waals surface area contributed by atoms with Gasteiger partial charge in [0.15, 0.2) is 0 Å². The summed E-state index contributed by atoms with van der Waals surface area (Å²) in [5.74, 6) is 0.662. The maximum absolute atomic E-state index is 12.1. The van der Waals surface area contributed by atoms with Crippen molar-refractivity contribution in [3.05, 3.63) is 22.6 Å². The Balaban J connectivity index is 1.83. The van der Waals surface area contributed by atoms with E-state index in [-0.39, 0.29) is 5.56 Å². The Kier molecular flexibility index (Phi) is 6.23. The molecule has 0 saturated carbocycles. The Hall–Kier alpha value is -1.36. The van der Waals surface area contributed by atoms with E-state index in [2.05, 4.69) is 29.2 Å². The standard InChI is InChI=1S/C16H28N4O/c1-14(2)12-17-7-6-10-20-16(21)11-15(13-18-20)19-8-4-3-5-9-19/h11,13-14,17H,3-10,12H2,1-2H3. The minimum Gasteiger partial charge on any atom is -0.370 e. The molecule has 0 amide bonds. The van der Waals surface area contributed by atoms with Crippen LogP contribution in [0.4, 0.5) is 5.69 Å². The van der Waals surface area contributed by atoms with Gasteiger partial charge in [-0.25, -0.2) is 4.68 Å². The Morgan fingerprint density at radius 1 is 1.29 bits per heavy atom. The molecule has 0 bridgehead atoms. The van der Waals surface area contributed by atoms with E-state index >= 15 is 0 Å². The van der Waals surface area contributed by atoms with E-state index in [0.717, 1.165) is 38.3 Å². The van der Waals surface area contributed by atoms with Gasteiger partial charge in [0.1, 0.15) is 0 Å². The summed E-state index contributed by atoms with van der Waals surface area (Å²) in [4.78, 5) is 14.4. The molecule has 1 aliphatic heterocycles. The second kappa shape index (κ2) is 8.17. The van der Waals surface area contributed by atoms with Gasteiger partial charge in [-0.3, -0.25) is 4.79 Å². The molecule has 5 heteroatoms. The molecule has 1 aliphatic rings. The highest BCUT2D eigenvalue weighted by atomic mass is 16.1. The Morgan fingerprint density at radius 2 is 2.05 bits per heavy atom. The van der Waals surface area contributed by atoms with Crippen molar-refractivity contribution in [2.45, 2.75) is 46.1 Å². The molecule has 2 heterocycles. The molecular weight excluding hydrogens is 264 g/mol. The lowest BCUT2D eigenvalue weighted by Gasteiger charge is -2.28. The van der Waals surface area contributed by atoms with Crippen LogP contribution >= 0.6 is 0 Å². The Bertz CT molecular complexity index is 477. The van der Waals surface area contributed by atoms with E-state index in [9.17, 15) is 4.79 Å². The fraction of sp³-hybridized carbons (Fsp3) is 0.750. The van der Waals surface area contributed by atoms with Gasteiger partial charge in [-0.2, -0.15) is 5.10 Å². The molecule has 0 radical (unpaired) electrons. The number of aromatic nitrogens is 2. The molecule has 21 heavy (non-hydrogen) atoms. The molecule has 0 unspecified atom stereocenters. The fourth-order valence-electron chi connectivity index (χ4n) is 2.66. The van der Waals surface area contributed by atoms with E-state index in [4.69, 9.17) is 0 Å². The zero-order valence-electron chi connectivity index (χ0n) is 13.3. The predicted octanol–water partition coefficient (Wildman–Crippen LogP) is 1.87. The van der Waals surface area contributed by atoms with Crippen molar-refractivity contribution in [2.24, 2.45) is 5.92 Å². The molecule has 0 atom stereocenters. The van der Waals surface area contributed by atoms with Gasteiger partial charge in [-0.15, -0.1) is 0 Å². The molecule has 1 aromatic heterocycles. The third kappa shape index (κ3) is 5.16. The minimum atomic E-state index is 0.0157. The summed E-state index contributed by atoms with van der Waals surface area (Å²) in [7, 11) is 0. The van der Waals surface area contributed by atoms with Gasteiger partial charge in [-0.05, 0) is 44.7 Å². The number of aryl methyl sites for hydroxylation is 1. The van der Waals surface area contributed by atoms with E-state index in [1.807, 2.05) is 6.20 Å². The summed E-state index contributed by atoms with van der Waals surface area (Å²) in [6.07, 6.45) is 6.50. The highest BCUT2D eigenvalue weighted by Gasteiger charge is 2.12. The maximum atomic E-state index is 12.1. The van der Waals surface area contributed by atoms with E-state index in [1.165, 1.54) is 19.3 Å². The topological polar surface area (TPSA) is 50.2 Å². The van der Waals surface area contributed by atoms with Crippen molar-refractivity contribution >= 4 is 5.69 Å². The van der Waals surface area contributed by atoms with Crippen LogP contribution in [0.1, 0.15) is 39.5 Å². The minimum absolute atomic E-state index is 0.0157. The lowest BCUT2D eigenvalue weighted by molar-refractivity contribution is 0.494. The summed E-state index contributed by atoms with van der Waals surface area (Å²) in [5, 5.41) is 7.71. The van der Waals surface area contributed by atoms with Gasteiger partial charge >= 0.3 is 0 Å². The van der Waals surface area contributed by atoms with Gasteiger partial charge in [0.25, 0.3) is 5.56 Å². The van der Waals surface area contributed by atoms with Gasteiger partial charge in [0.05, 0.1) is 11.9 Å². The van der Waals surface area contributed by atoms with Crippen molar-refractivity contribution in [3.63, 3.8) is 0 Å². The summed E-state index contributed by atoms with van der Waals surface area (Å²) in [6, 6.07) is 1.74. The highest BCUT2D eigenvalue weighted by Crippen LogP contribution is 2.16. The Morgan fingerprint density at radius 3 is 2.71 bits per heavy atom. The second-order valence-electron chi connectivity index (χ2n) is 6.27. The van der Waals surface area contributed by atoms with Crippen LogP contribution in [0, 0.1) is 5.92 Å². The molecule has 1 saturated heterocycles. The number of nitrogens with one attached hydrogen (secondary N) is 1. The third-order valence-electron chi connectivity index (χ3n) is 3.85. The maximum Gasteiger partial charge on any atom is 0.268 e. The van der Waals surface area contributed by atoms with Crippen LogP contribution in [0.15, 0.2) is 17.1 Å². The van der Waals surface area contributed by atoms with Crippen LogP contribution in [0.3, 0.4) is 0 Å². The molecule has 5 nitrogen and oxygen atoms in total. The molecular formula is C16H28N4O. The van der Waals surface area contributed by atoms with Crippen molar-refractivity contribution in [2.75, 3.05) is 31.1 Å². The number of anilines is 1. The molecule has 118 valence electrons. The number of hydrogen-bond acceptors (Lipinski definition) is 4. The van der Waals surface area contributed by atoms with Crippen molar-refractivity contribution in [3.8, 4) is 0 Å². The van der Waals surface area contributed by atoms with Crippen LogP contribution in [-0.2, 0) is 6.54 Å². The van der Waals surface area contributed by atoms with Gasteiger partial charge in [-0.1, -0.05) is 13.8 Å². The highest BCUT2D eigenvalue weighted by molar-refractivity contribution is 5.43. The van der Waals surface area contributed by atoms with Crippen LogP contribution in [0.5, 0.6) is 0 Å². The third-order valence-corrected chi connectivity index (χ3v) is 3.85. The second-order valence-corrected chi connectivity index (χ2v) is 6.27. The van der Waals surface area contributed by atoms with Crippen molar-refractivity contribution in [1.29, 1.82) is 0 Å². The van der Waals surface area contributed by atoms with Gasteiger partial charge in [0, 0.05) is 25.7 Å². The van der Waals surface area contributed by atoms with Crippen LogP contribution in [-0.4, -0.2) is 36.0 Å². The number of nitrogens with zero attached hydrogens (tertiary/aromatic N) is 3. The zero-order valence-corrected chi connectivity index (χ0v) is 13.3. The van der Waals surface area contributed by atoms with E-state index in [0.29, 0.717) is 12.5 Å².